The molecule has 0 radical (unpaired) electrons. The van der Waals surface area contributed by atoms with Gasteiger partial charge in [0.1, 0.15) is 11.3 Å². The predicted molar refractivity (Wildman–Crippen MR) is 40.1 cm³/mol. The Bertz CT molecular complexity index is 389. The van der Waals surface area contributed by atoms with Crippen LogP contribution in [0.15, 0.2) is 6.07 Å². The van der Waals surface area contributed by atoms with Crippen LogP contribution in [-0.2, 0) is 12.8 Å². The summed E-state index contributed by atoms with van der Waals surface area (Å²) in [5, 5.41) is 8.57. The van der Waals surface area contributed by atoms with E-state index in [9.17, 15) is 26.3 Å². The lowest BCUT2D eigenvalue weighted by Crippen LogP contribution is -2.15. The van der Waals surface area contributed by atoms with Crippen molar-refractivity contribution in [3.63, 3.8) is 0 Å². The summed E-state index contributed by atoms with van der Waals surface area (Å²) >= 11 is 0. The highest BCUT2D eigenvalue weighted by Crippen LogP contribution is 2.34. The van der Waals surface area contributed by atoms with Crippen LogP contribution in [-0.4, -0.2) is 10.1 Å². The summed E-state index contributed by atoms with van der Waals surface area (Å²) in [7, 11) is 0. The Balaban J connectivity index is 3.41. The van der Waals surface area contributed by atoms with Crippen molar-refractivity contribution in [2.24, 2.45) is 0 Å². The van der Waals surface area contributed by atoms with Crippen molar-refractivity contribution < 1.29 is 31.4 Å². The molecule has 0 aliphatic heterocycles. The Kier molecular flexibility index (Phi) is 3.41. The first-order chi connectivity index (χ1) is 7.27. The molecule has 1 aromatic rings. The summed E-state index contributed by atoms with van der Waals surface area (Å²) < 4.78 is 73.8. The molecule has 0 aliphatic rings. The van der Waals surface area contributed by atoms with Gasteiger partial charge < -0.3 is 5.11 Å². The molecule has 0 spiro atoms. The third-order valence-electron chi connectivity index (χ3n) is 1.75. The summed E-state index contributed by atoms with van der Waals surface area (Å²) in [5.41, 5.74) is -3.93. The summed E-state index contributed by atoms with van der Waals surface area (Å²) in [6, 6.07) is 0.330. The van der Waals surface area contributed by atoms with Crippen LogP contribution in [0.25, 0.3) is 0 Å². The van der Waals surface area contributed by atoms with E-state index in [1.54, 1.807) is 0 Å². The van der Waals surface area contributed by atoms with Crippen LogP contribution in [0.4, 0.5) is 26.3 Å². The Morgan fingerprint density at radius 3 is 2.25 bits per heavy atom. The molecule has 0 saturated heterocycles. The van der Waals surface area contributed by atoms with Gasteiger partial charge in [-0.2, -0.15) is 17.6 Å². The van der Waals surface area contributed by atoms with Crippen LogP contribution < -0.4 is 0 Å². The molecule has 16 heavy (non-hydrogen) atoms. The van der Waals surface area contributed by atoms with Gasteiger partial charge in [-0.05, 0) is 11.6 Å². The number of pyridine rings is 1. The summed E-state index contributed by atoms with van der Waals surface area (Å²) in [6.07, 6.45) is -8.29. The second kappa shape index (κ2) is 4.28. The summed E-state index contributed by atoms with van der Waals surface area (Å²) in [4.78, 5) is 2.50. The molecule has 1 rings (SSSR count). The maximum absolute atomic E-state index is 12.9. The number of nitrogens with zero attached hydrogens (tertiary/aromatic N) is 1. The third-order valence-corrected chi connectivity index (χ3v) is 1.75. The van der Waals surface area contributed by atoms with Crippen LogP contribution in [0, 0.1) is 5.95 Å². The second-order valence-electron chi connectivity index (χ2n) is 2.83. The molecule has 0 aliphatic carbocycles. The normalized spacial score (nSPS) is 12.2. The number of alkyl halides is 5. The number of hydrogen-bond donors (Lipinski definition) is 1. The van der Waals surface area contributed by atoms with Crippen LogP contribution >= 0.6 is 0 Å². The number of rotatable bonds is 2. The Labute approximate surface area is 85.5 Å². The molecular weight excluding hydrogens is 240 g/mol. The number of aliphatic hydroxyl groups is 1. The van der Waals surface area contributed by atoms with Gasteiger partial charge in [0.25, 0.3) is 6.43 Å². The predicted octanol–water partition coefficient (Wildman–Crippen LogP) is 2.67. The molecule has 0 saturated carbocycles. The Morgan fingerprint density at radius 2 is 1.88 bits per heavy atom. The third kappa shape index (κ3) is 2.43. The number of hydrogen-bond acceptors (Lipinski definition) is 2. The highest BCUT2D eigenvalue weighted by molar-refractivity contribution is 5.30. The standard InChI is InChI=1S/C8H5F6NO/c9-6(10)4-1-3(2-16)5(7(11)15-4)8(12,13)14/h1,6,16H,2H2. The number of aromatic nitrogens is 1. The monoisotopic (exact) mass is 245 g/mol. The van der Waals surface area contributed by atoms with Crippen LogP contribution in [0.3, 0.4) is 0 Å². The minimum absolute atomic E-state index is 0.330. The fraction of sp³-hybridized carbons (Fsp3) is 0.375. The van der Waals surface area contributed by atoms with E-state index in [2.05, 4.69) is 4.98 Å². The molecule has 0 bridgehead atoms. The molecule has 0 aromatic carbocycles. The van der Waals surface area contributed by atoms with E-state index < -0.39 is 42.0 Å². The van der Waals surface area contributed by atoms with Crippen molar-refractivity contribution in [3.05, 3.63) is 28.8 Å². The molecule has 0 unspecified atom stereocenters. The molecule has 1 heterocycles. The topological polar surface area (TPSA) is 33.1 Å². The van der Waals surface area contributed by atoms with E-state index >= 15 is 0 Å². The zero-order valence-corrected chi connectivity index (χ0v) is 7.52. The lowest BCUT2D eigenvalue weighted by Gasteiger charge is -2.13. The molecule has 2 nitrogen and oxygen atoms in total. The van der Waals surface area contributed by atoms with Gasteiger partial charge in [-0.15, -0.1) is 0 Å². The van der Waals surface area contributed by atoms with Gasteiger partial charge >= 0.3 is 6.18 Å². The van der Waals surface area contributed by atoms with Gasteiger partial charge in [0, 0.05) is 0 Å². The van der Waals surface area contributed by atoms with Crippen LogP contribution in [0.1, 0.15) is 23.2 Å². The van der Waals surface area contributed by atoms with Gasteiger partial charge in [-0.25, -0.2) is 13.8 Å². The van der Waals surface area contributed by atoms with E-state index in [1.165, 1.54) is 0 Å². The van der Waals surface area contributed by atoms with Gasteiger partial charge in [0.05, 0.1) is 6.61 Å². The highest BCUT2D eigenvalue weighted by Gasteiger charge is 2.38. The zero-order valence-electron chi connectivity index (χ0n) is 7.52. The summed E-state index contributed by atoms with van der Waals surface area (Å²) in [6.45, 7) is -1.20. The fourth-order valence-electron chi connectivity index (χ4n) is 1.12. The highest BCUT2D eigenvalue weighted by atomic mass is 19.4. The second-order valence-corrected chi connectivity index (χ2v) is 2.83. The van der Waals surface area contributed by atoms with Crippen molar-refractivity contribution in [2.75, 3.05) is 0 Å². The van der Waals surface area contributed by atoms with E-state index in [1.807, 2.05) is 0 Å². The van der Waals surface area contributed by atoms with E-state index in [4.69, 9.17) is 5.11 Å². The van der Waals surface area contributed by atoms with Crippen molar-refractivity contribution in [1.29, 1.82) is 0 Å². The van der Waals surface area contributed by atoms with Crippen LogP contribution in [0.2, 0.25) is 0 Å². The molecule has 0 atom stereocenters. The first-order valence-electron chi connectivity index (χ1n) is 3.93. The maximum atomic E-state index is 12.9. The van der Waals surface area contributed by atoms with Gasteiger partial charge in [-0.1, -0.05) is 0 Å². The molecule has 0 fully saturated rings. The average Bonchev–Trinajstić information content (AvgIpc) is 2.14. The lowest BCUT2D eigenvalue weighted by atomic mass is 10.1. The first-order valence-corrected chi connectivity index (χ1v) is 3.93. The fourth-order valence-corrected chi connectivity index (χ4v) is 1.12. The molecule has 0 amide bonds. The molecule has 1 aromatic heterocycles. The largest absolute Gasteiger partial charge is 0.421 e. The molecule has 90 valence electrons. The zero-order chi connectivity index (χ0) is 12.5. The van der Waals surface area contributed by atoms with Crippen molar-refractivity contribution in [1.82, 2.24) is 4.98 Å². The summed E-state index contributed by atoms with van der Waals surface area (Å²) in [5.74, 6) is -2.06. The minimum Gasteiger partial charge on any atom is -0.392 e. The lowest BCUT2D eigenvalue weighted by molar-refractivity contribution is -0.141. The Morgan fingerprint density at radius 1 is 1.31 bits per heavy atom. The van der Waals surface area contributed by atoms with Crippen molar-refractivity contribution in [3.8, 4) is 0 Å². The van der Waals surface area contributed by atoms with E-state index in [-0.39, 0.29) is 0 Å². The van der Waals surface area contributed by atoms with E-state index in [0.29, 0.717) is 6.07 Å². The molecule has 1 N–H and O–H groups in total. The number of aliphatic hydroxyl groups excluding tert-OH is 1. The molecular formula is C8H5F6NO. The van der Waals surface area contributed by atoms with Crippen molar-refractivity contribution >= 4 is 0 Å². The van der Waals surface area contributed by atoms with Crippen molar-refractivity contribution in [2.45, 2.75) is 19.2 Å². The maximum Gasteiger partial charge on any atom is 0.421 e. The van der Waals surface area contributed by atoms with Gasteiger partial charge in [0.2, 0.25) is 5.95 Å². The van der Waals surface area contributed by atoms with Gasteiger partial charge in [0.15, 0.2) is 0 Å². The average molecular weight is 245 g/mol. The van der Waals surface area contributed by atoms with Crippen LogP contribution in [0.5, 0.6) is 0 Å². The minimum atomic E-state index is -5.09. The molecule has 8 heteroatoms. The quantitative estimate of drug-likeness (QED) is 0.641. The van der Waals surface area contributed by atoms with E-state index in [0.717, 1.165) is 0 Å². The Hall–Kier alpha value is -1.31. The van der Waals surface area contributed by atoms with Gasteiger partial charge in [-0.3, -0.25) is 0 Å². The first kappa shape index (κ1) is 12.8. The SMILES string of the molecule is OCc1cc(C(F)F)nc(F)c1C(F)(F)F. The number of halogens is 6. The smallest absolute Gasteiger partial charge is 0.392 e.